The Hall–Kier alpha value is -2.20. The minimum atomic E-state index is -0.688. The number of nitrogens with one attached hydrogen (secondary N) is 1. The van der Waals surface area contributed by atoms with Crippen molar-refractivity contribution >= 4 is 34.8 Å². The molecule has 0 aliphatic carbocycles. The summed E-state index contributed by atoms with van der Waals surface area (Å²) >= 11 is 5.85. The van der Waals surface area contributed by atoms with Crippen molar-refractivity contribution in [3.63, 3.8) is 0 Å². The first kappa shape index (κ1) is 12.8. The van der Waals surface area contributed by atoms with Crippen molar-refractivity contribution in [1.29, 1.82) is 0 Å². The third-order valence-corrected chi connectivity index (χ3v) is 3.20. The van der Waals surface area contributed by atoms with Crippen LogP contribution in [-0.2, 0) is 4.79 Å². The molecule has 5 heteroatoms. The van der Waals surface area contributed by atoms with E-state index in [1.807, 2.05) is 0 Å². The molecular weight excluding hydrogens is 284 g/mol. The van der Waals surface area contributed by atoms with E-state index in [9.17, 15) is 13.6 Å². The molecule has 1 N–H and O–H groups in total. The molecule has 1 heterocycles. The van der Waals surface area contributed by atoms with Crippen LogP contribution in [-0.4, -0.2) is 5.91 Å². The minimum absolute atomic E-state index is 0.287. The zero-order valence-electron chi connectivity index (χ0n) is 10.1. The Bertz CT molecular complexity index is 735. The second kappa shape index (κ2) is 4.72. The molecule has 1 amide bonds. The van der Waals surface area contributed by atoms with Crippen LogP contribution in [0.3, 0.4) is 0 Å². The normalized spacial score (nSPS) is 15.3. The summed E-state index contributed by atoms with van der Waals surface area (Å²) in [4.78, 5) is 11.9. The molecule has 0 saturated carbocycles. The summed E-state index contributed by atoms with van der Waals surface area (Å²) in [5, 5.41) is 3.16. The largest absolute Gasteiger partial charge is 0.321 e. The van der Waals surface area contributed by atoms with Gasteiger partial charge in [-0.3, -0.25) is 4.79 Å². The van der Waals surface area contributed by atoms with Crippen LogP contribution < -0.4 is 5.32 Å². The highest BCUT2D eigenvalue weighted by atomic mass is 35.5. The van der Waals surface area contributed by atoms with Crippen molar-refractivity contribution in [2.45, 2.75) is 0 Å². The van der Waals surface area contributed by atoms with Gasteiger partial charge in [0.05, 0.1) is 5.69 Å². The van der Waals surface area contributed by atoms with Gasteiger partial charge in [-0.2, -0.15) is 0 Å². The molecule has 20 heavy (non-hydrogen) atoms. The Morgan fingerprint density at radius 2 is 1.75 bits per heavy atom. The first-order chi connectivity index (χ1) is 9.52. The molecule has 0 bridgehead atoms. The minimum Gasteiger partial charge on any atom is -0.321 e. The van der Waals surface area contributed by atoms with E-state index in [2.05, 4.69) is 5.32 Å². The monoisotopic (exact) mass is 291 g/mol. The Balaban J connectivity index is 2.11. The molecular formula is C15H8ClF2NO. The molecule has 2 aromatic rings. The van der Waals surface area contributed by atoms with Crippen LogP contribution in [0.5, 0.6) is 0 Å². The van der Waals surface area contributed by atoms with Gasteiger partial charge in [-0.1, -0.05) is 17.7 Å². The average Bonchev–Trinajstić information content (AvgIpc) is 2.64. The van der Waals surface area contributed by atoms with Gasteiger partial charge in [-0.05, 0) is 35.9 Å². The molecule has 0 fully saturated rings. The Labute approximate surface area is 118 Å². The number of carbonyl (C=O) groups is 1. The fourth-order valence-electron chi connectivity index (χ4n) is 2.14. The molecule has 0 aromatic heterocycles. The standard InChI is InChI=1S/C15H8ClF2NO/c16-9-1-2-12-13(15(20)19-14(12)6-9)5-8-3-10(17)7-11(18)4-8/h1-7H,(H,19,20)/b13-5-. The first-order valence-corrected chi connectivity index (χ1v) is 6.20. The van der Waals surface area contributed by atoms with E-state index in [1.165, 1.54) is 6.08 Å². The Morgan fingerprint density at radius 3 is 2.45 bits per heavy atom. The lowest BCUT2D eigenvalue weighted by atomic mass is 10.0. The van der Waals surface area contributed by atoms with Gasteiger partial charge in [0.25, 0.3) is 5.91 Å². The van der Waals surface area contributed by atoms with Crippen molar-refractivity contribution in [1.82, 2.24) is 0 Å². The Kier molecular flexibility index (Phi) is 3.03. The predicted octanol–water partition coefficient (Wildman–Crippen LogP) is 4.11. The number of rotatable bonds is 1. The van der Waals surface area contributed by atoms with Gasteiger partial charge < -0.3 is 5.32 Å². The van der Waals surface area contributed by atoms with Crippen LogP contribution in [0, 0.1) is 11.6 Å². The molecule has 3 rings (SSSR count). The highest BCUT2D eigenvalue weighted by Gasteiger charge is 2.24. The predicted molar refractivity (Wildman–Crippen MR) is 74.3 cm³/mol. The SMILES string of the molecule is O=C1Nc2cc(Cl)ccc2/C1=C/c1cc(F)cc(F)c1. The van der Waals surface area contributed by atoms with E-state index in [1.54, 1.807) is 18.2 Å². The van der Waals surface area contributed by atoms with E-state index in [0.717, 1.165) is 18.2 Å². The second-order valence-corrected chi connectivity index (χ2v) is 4.84. The Morgan fingerprint density at radius 1 is 1.05 bits per heavy atom. The summed E-state index contributed by atoms with van der Waals surface area (Å²) in [5.74, 6) is -1.70. The molecule has 0 saturated heterocycles. The summed E-state index contributed by atoms with van der Waals surface area (Å²) in [6.07, 6.45) is 1.45. The molecule has 2 aromatic carbocycles. The fraction of sp³-hybridized carbons (Fsp3) is 0. The zero-order valence-corrected chi connectivity index (χ0v) is 10.8. The highest BCUT2D eigenvalue weighted by Crippen LogP contribution is 2.34. The molecule has 0 atom stereocenters. The second-order valence-electron chi connectivity index (χ2n) is 4.40. The van der Waals surface area contributed by atoms with Crippen molar-refractivity contribution < 1.29 is 13.6 Å². The van der Waals surface area contributed by atoms with E-state index in [0.29, 0.717) is 21.8 Å². The number of hydrogen-bond donors (Lipinski definition) is 1. The van der Waals surface area contributed by atoms with Crippen molar-refractivity contribution in [2.75, 3.05) is 5.32 Å². The van der Waals surface area contributed by atoms with Crippen LogP contribution in [0.25, 0.3) is 11.6 Å². The van der Waals surface area contributed by atoms with Crippen molar-refractivity contribution in [2.24, 2.45) is 0 Å². The fourth-order valence-corrected chi connectivity index (χ4v) is 2.31. The number of anilines is 1. The number of benzene rings is 2. The average molecular weight is 292 g/mol. The summed E-state index contributed by atoms with van der Waals surface area (Å²) in [6, 6.07) is 8.08. The number of carbonyl (C=O) groups excluding carboxylic acids is 1. The number of hydrogen-bond acceptors (Lipinski definition) is 1. The number of halogens is 3. The molecule has 1 aliphatic rings. The van der Waals surface area contributed by atoms with Crippen LogP contribution in [0.2, 0.25) is 5.02 Å². The van der Waals surface area contributed by atoms with Gasteiger partial charge in [0.15, 0.2) is 0 Å². The maximum absolute atomic E-state index is 13.2. The maximum atomic E-state index is 13.2. The number of amides is 1. The van der Waals surface area contributed by atoms with E-state index in [4.69, 9.17) is 11.6 Å². The third-order valence-electron chi connectivity index (χ3n) is 2.96. The lowest BCUT2D eigenvalue weighted by molar-refractivity contribution is -0.110. The molecule has 100 valence electrons. The van der Waals surface area contributed by atoms with E-state index < -0.39 is 11.6 Å². The third kappa shape index (κ3) is 2.30. The topological polar surface area (TPSA) is 29.1 Å². The quantitative estimate of drug-likeness (QED) is 0.787. The van der Waals surface area contributed by atoms with Gasteiger partial charge >= 0.3 is 0 Å². The van der Waals surface area contributed by atoms with Crippen LogP contribution >= 0.6 is 11.6 Å². The maximum Gasteiger partial charge on any atom is 0.256 e. The van der Waals surface area contributed by atoms with Crippen LogP contribution in [0.15, 0.2) is 36.4 Å². The summed E-state index contributed by atoms with van der Waals surface area (Å²) in [7, 11) is 0. The van der Waals surface area contributed by atoms with Gasteiger partial charge in [-0.15, -0.1) is 0 Å². The van der Waals surface area contributed by atoms with Crippen LogP contribution in [0.1, 0.15) is 11.1 Å². The molecule has 2 nitrogen and oxygen atoms in total. The molecule has 1 aliphatic heterocycles. The van der Waals surface area contributed by atoms with E-state index in [-0.39, 0.29) is 11.5 Å². The van der Waals surface area contributed by atoms with Gasteiger partial charge in [0, 0.05) is 22.2 Å². The molecule has 0 radical (unpaired) electrons. The summed E-state index contributed by atoms with van der Waals surface area (Å²) in [6.45, 7) is 0. The van der Waals surface area contributed by atoms with Gasteiger partial charge in [0.1, 0.15) is 11.6 Å². The summed E-state index contributed by atoms with van der Waals surface area (Å²) in [5.41, 5.74) is 1.88. The zero-order chi connectivity index (χ0) is 14.3. The lowest BCUT2D eigenvalue weighted by Gasteiger charge is -2.00. The molecule has 0 spiro atoms. The lowest BCUT2D eigenvalue weighted by Crippen LogP contribution is -2.03. The first-order valence-electron chi connectivity index (χ1n) is 5.82. The smallest absolute Gasteiger partial charge is 0.256 e. The highest BCUT2D eigenvalue weighted by molar-refractivity contribution is 6.36. The van der Waals surface area contributed by atoms with Crippen molar-refractivity contribution in [3.05, 3.63) is 64.2 Å². The van der Waals surface area contributed by atoms with Gasteiger partial charge in [-0.25, -0.2) is 8.78 Å². The number of fused-ring (bicyclic) bond motifs is 1. The van der Waals surface area contributed by atoms with Crippen LogP contribution in [0.4, 0.5) is 14.5 Å². The van der Waals surface area contributed by atoms with E-state index >= 15 is 0 Å². The molecule has 0 unspecified atom stereocenters. The van der Waals surface area contributed by atoms with Crippen molar-refractivity contribution in [3.8, 4) is 0 Å². The summed E-state index contributed by atoms with van der Waals surface area (Å²) < 4.78 is 26.3. The van der Waals surface area contributed by atoms with Gasteiger partial charge in [0.2, 0.25) is 0 Å².